The van der Waals surface area contributed by atoms with Crippen molar-refractivity contribution in [1.29, 1.82) is 0 Å². The second kappa shape index (κ2) is 8.97. The van der Waals surface area contributed by atoms with Gasteiger partial charge in [0.15, 0.2) is 6.17 Å². The fourth-order valence-electron chi connectivity index (χ4n) is 5.78. The summed E-state index contributed by atoms with van der Waals surface area (Å²) in [4.78, 5) is 0. The Morgan fingerprint density at radius 3 is 1.96 bits per heavy atom. The Morgan fingerprint density at radius 2 is 1.36 bits per heavy atom. The zero-order valence-electron chi connectivity index (χ0n) is 15.8. The van der Waals surface area contributed by atoms with E-state index in [1.54, 1.807) is 6.08 Å². The van der Waals surface area contributed by atoms with Crippen LogP contribution < -0.4 is 0 Å². The van der Waals surface area contributed by atoms with Gasteiger partial charge in [-0.05, 0) is 81.0 Å². The number of alkyl halides is 2. The zero-order chi connectivity index (χ0) is 17.8. The zero-order valence-corrected chi connectivity index (χ0v) is 15.8. The van der Waals surface area contributed by atoms with Crippen LogP contribution in [0.1, 0.15) is 71.1 Å². The Morgan fingerprint density at radius 1 is 0.800 bits per heavy atom. The summed E-state index contributed by atoms with van der Waals surface area (Å²) < 4.78 is 34.6. The summed E-state index contributed by atoms with van der Waals surface area (Å²) in [6.07, 6.45) is 9.88. The van der Waals surface area contributed by atoms with Crippen LogP contribution in [0.4, 0.5) is 8.78 Å². The molecule has 144 valence electrons. The van der Waals surface area contributed by atoms with Gasteiger partial charge in [0.25, 0.3) is 0 Å². The van der Waals surface area contributed by atoms with E-state index in [4.69, 9.17) is 4.74 Å². The molecule has 3 heteroatoms. The Bertz CT molecular complexity index is 410. The number of rotatable bonds is 5. The standard InChI is InChI=1S/C22H36F2O/c1-3-14-25-20-13-12-19(21(23)22(20)24)18-10-8-17(9-11-18)16-6-4-15(2)5-7-16/h3,15-22H,1,4-14H2,2H3. The Labute approximate surface area is 152 Å². The first-order valence-electron chi connectivity index (χ1n) is 10.6. The van der Waals surface area contributed by atoms with Crippen LogP contribution in [0.25, 0.3) is 0 Å². The van der Waals surface area contributed by atoms with Crippen LogP contribution in [0.3, 0.4) is 0 Å². The van der Waals surface area contributed by atoms with Crippen LogP contribution in [0.15, 0.2) is 12.7 Å². The molecule has 25 heavy (non-hydrogen) atoms. The second-order valence-electron chi connectivity index (χ2n) is 8.99. The van der Waals surface area contributed by atoms with E-state index in [-0.39, 0.29) is 5.92 Å². The molecule has 3 fully saturated rings. The lowest BCUT2D eigenvalue weighted by molar-refractivity contribution is -0.0816. The molecule has 0 saturated heterocycles. The third-order valence-corrected chi connectivity index (χ3v) is 7.43. The molecule has 3 saturated carbocycles. The lowest BCUT2D eigenvalue weighted by atomic mass is 9.65. The van der Waals surface area contributed by atoms with Crippen LogP contribution >= 0.6 is 0 Å². The van der Waals surface area contributed by atoms with Crippen molar-refractivity contribution >= 4 is 0 Å². The quantitative estimate of drug-likeness (QED) is 0.528. The summed E-state index contributed by atoms with van der Waals surface area (Å²) in [6.45, 7) is 6.27. The van der Waals surface area contributed by atoms with Crippen LogP contribution in [0.2, 0.25) is 0 Å². The molecule has 3 aliphatic rings. The van der Waals surface area contributed by atoms with Crippen molar-refractivity contribution in [1.82, 2.24) is 0 Å². The minimum atomic E-state index is -1.46. The molecule has 0 radical (unpaired) electrons. The molecule has 0 heterocycles. The molecule has 0 bridgehead atoms. The van der Waals surface area contributed by atoms with Gasteiger partial charge in [-0.15, -0.1) is 6.58 Å². The van der Waals surface area contributed by atoms with E-state index in [1.807, 2.05) is 0 Å². The molecule has 0 aliphatic heterocycles. The van der Waals surface area contributed by atoms with Gasteiger partial charge in [0, 0.05) is 0 Å². The van der Waals surface area contributed by atoms with Crippen molar-refractivity contribution in [2.45, 2.75) is 89.6 Å². The maximum atomic E-state index is 14.7. The van der Waals surface area contributed by atoms with E-state index in [0.29, 0.717) is 18.9 Å². The molecule has 0 N–H and O–H groups in total. The summed E-state index contributed by atoms with van der Waals surface area (Å²) in [5.41, 5.74) is 0. The fraction of sp³-hybridized carbons (Fsp3) is 0.909. The van der Waals surface area contributed by atoms with Gasteiger partial charge in [-0.3, -0.25) is 0 Å². The molecule has 1 nitrogen and oxygen atoms in total. The molecule has 0 aromatic rings. The van der Waals surface area contributed by atoms with E-state index in [2.05, 4.69) is 13.5 Å². The minimum absolute atomic E-state index is 0.0918. The van der Waals surface area contributed by atoms with Gasteiger partial charge in [-0.25, -0.2) is 8.78 Å². The van der Waals surface area contributed by atoms with Gasteiger partial charge in [-0.1, -0.05) is 25.8 Å². The summed E-state index contributed by atoms with van der Waals surface area (Å²) in [5, 5.41) is 0. The summed E-state index contributed by atoms with van der Waals surface area (Å²) in [5.74, 6) is 2.93. The Hall–Kier alpha value is -0.440. The fourth-order valence-corrected chi connectivity index (χ4v) is 5.78. The molecule has 3 rings (SSSR count). The maximum absolute atomic E-state index is 14.7. The van der Waals surface area contributed by atoms with E-state index in [0.717, 1.165) is 37.0 Å². The molecule has 4 atom stereocenters. The van der Waals surface area contributed by atoms with Crippen LogP contribution in [0, 0.1) is 29.6 Å². The van der Waals surface area contributed by atoms with Crippen molar-refractivity contribution in [3.63, 3.8) is 0 Å². The number of halogens is 2. The maximum Gasteiger partial charge on any atom is 0.157 e. The summed E-state index contributed by atoms with van der Waals surface area (Å²) in [7, 11) is 0. The minimum Gasteiger partial charge on any atom is -0.371 e. The highest BCUT2D eigenvalue weighted by atomic mass is 19.2. The van der Waals surface area contributed by atoms with E-state index in [1.165, 1.54) is 38.5 Å². The van der Waals surface area contributed by atoms with Gasteiger partial charge in [0.1, 0.15) is 6.17 Å². The predicted molar refractivity (Wildman–Crippen MR) is 99.0 cm³/mol. The Balaban J connectivity index is 1.47. The normalized spacial score (nSPS) is 45.9. The van der Waals surface area contributed by atoms with Crippen molar-refractivity contribution < 1.29 is 13.5 Å². The summed E-state index contributed by atoms with van der Waals surface area (Å²) >= 11 is 0. The monoisotopic (exact) mass is 354 g/mol. The lowest BCUT2D eigenvalue weighted by Gasteiger charge is -2.43. The van der Waals surface area contributed by atoms with Crippen LogP contribution in [-0.4, -0.2) is 25.1 Å². The molecule has 3 aliphatic carbocycles. The number of hydrogen-bond acceptors (Lipinski definition) is 1. The molecular weight excluding hydrogens is 318 g/mol. The number of ether oxygens (including phenoxy) is 1. The molecule has 0 amide bonds. The Kier molecular flexibility index (Phi) is 6.93. The third-order valence-electron chi connectivity index (χ3n) is 7.43. The SMILES string of the molecule is C=CCOC1CCC(C2CCC(C3CCC(C)CC3)CC2)C(F)C1F. The van der Waals surface area contributed by atoms with E-state index >= 15 is 0 Å². The van der Waals surface area contributed by atoms with Crippen molar-refractivity contribution in [2.24, 2.45) is 29.6 Å². The first-order valence-corrected chi connectivity index (χ1v) is 10.6. The van der Waals surface area contributed by atoms with Crippen LogP contribution in [-0.2, 0) is 4.74 Å². The smallest absolute Gasteiger partial charge is 0.157 e. The van der Waals surface area contributed by atoms with E-state index in [9.17, 15) is 8.78 Å². The van der Waals surface area contributed by atoms with Gasteiger partial charge < -0.3 is 4.74 Å². The molecule has 0 aromatic heterocycles. The predicted octanol–water partition coefficient (Wildman–Crippen LogP) is 6.28. The first kappa shape index (κ1) is 19.3. The highest BCUT2D eigenvalue weighted by Gasteiger charge is 2.45. The molecule has 4 unspecified atom stereocenters. The van der Waals surface area contributed by atoms with Gasteiger partial charge in [0.05, 0.1) is 12.7 Å². The highest BCUT2D eigenvalue weighted by molar-refractivity contribution is 4.94. The molecule has 0 spiro atoms. The summed E-state index contributed by atoms with van der Waals surface area (Å²) in [6, 6.07) is 0. The van der Waals surface area contributed by atoms with Crippen molar-refractivity contribution in [3.8, 4) is 0 Å². The highest BCUT2D eigenvalue weighted by Crippen LogP contribution is 2.46. The second-order valence-corrected chi connectivity index (χ2v) is 8.99. The number of hydrogen-bond donors (Lipinski definition) is 0. The topological polar surface area (TPSA) is 9.23 Å². The van der Waals surface area contributed by atoms with Crippen molar-refractivity contribution in [3.05, 3.63) is 12.7 Å². The van der Waals surface area contributed by atoms with Crippen molar-refractivity contribution in [2.75, 3.05) is 6.61 Å². The molecular formula is C22H36F2O. The largest absolute Gasteiger partial charge is 0.371 e. The molecule has 0 aromatic carbocycles. The first-order chi connectivity index (χ1) is 12.1. The van der Waals surface area contributed by atoms with Crippen LogP contribution in [0.5, 0.6) is 0 Å². The average molecular weight is 355 g/mol. The average Bonchev–Trinajstić information content (AvgIpc) is 2.64. The van der Waals surface area contributed by atoms with Gasteiger partial charge in [0.2, 0.25) is 0 Å². The van der Waals surface area contributed by atoms with Gasteiger partial charge >= 0.3 is 0 Å². The third kappa shape index (κ3) is 4.64. The lowest BCUT2D eigenvalue weighted by Crippen LogP contribution is -2.46. The van der Waals surface area contributed by atoms with Gasteiger partial charge in [-0.2, -0.15) is 0 Å². The van der Waals surface area contributed by atoms with E-state index < -0.39 is 18.4 Å².